The third kappa shape index (κ3) is 2.29. The van der Waals surface area contributed by atoms with Crippen molar-refractivity contribution in [1.82, 2.24) is 15.1 Å². The monoisotopic (exact) mass is 326 g/mol. The summed E-state index contributed by atoms with van der Waals surface area (Å²) in [5.41, 5.74) is 0. The molecule has 1 aromatic rings. The standard InChI is InChI=1S/C14H16F2N4OS/c15-11(16)12-18-19-13(22-12)17-14(21)20-5-9-7-1-2-8(4-3-7)10(9)6-20/h1-2,7-11H,3-6H2,(H,17,19,21). The Kier molecular flexibility index (Phi) is 3.36. The number of urea groups is 1. The molecule has 0 radical (unpaired) electrons. The van der Waals surface area contributed by atoms with E-state index in [1.54, 1.807) is 4.90 Å². The predicted octanol–water partition coefficient (Wildman–Crippen LogP) is 3.15. The number of alkyl halides is 2. The summed E-state index contributed by atoms with van der Waals surface area (Å²) in [4.78, 5) is 14.1. The molecule has 5 nitrogen and oxygen atoms in total. The molecule has 1 aliphatic heterocycles. The van der Waals surface area contributed by atoms with E-state index in [2.05, 4.69) is 27.7 Å². The summed E-state index contributed by atoms with van der Waals surface area (Å²) >= 11 is 0.724. The third-order valence-electron chi connectivity index (χ3n) is 5.08. The number of anilines is 1. The number of likely N-dealkylation sites (tertiary alicyclic amines) is 1. The first-order chi connectivity index (χ1) is 10.6. The highest BCUT2D eigenvalue weighted by atomic mass is 32.1. The van der Waals surface area contributed by atoms with E-state index in [4.69, 9.17) is 0 Å². The van der Waals surface area contributed by atoms with Crippen molar-refractivity contribution < 1.29 is 13.6 Å². The average Bonchev–Trinajstić information content (AvgIpc) is 3.15. The predicted molar refractivity (Wildman–Crippen MR) is 77.8 cm³/mol. The zero-order valence-electron chi connectivity index (χ0n) is 11.8. The van der Waals surface area contributed by atoms with E-state index in [0.29, 0.717) is 23.7 Å². The van der Waals surface area contributed by atoms with Crippen LogP contribution in [0.15, 0.2) is 12.2 Å². The molecule has 3 aliphatic carbocycles. The molecule has 0 spiro atoms. The zero-order valence-corrected chi connectivity index (χ0v) is 12.6. The van der Waals surface area contributed by atoms with E-state index >= 15 is 0 Å². The molecule has 0 aromatic carbocycles. The maximum Gasteiger partial charge on any atom is 0.323 e. The second-order valence-corrected chi connectivity index (χ2v) is 7.21. The molecular formula is C14H16F2N4OS. The molecule has 22 heavy (non-hydrogen) atoms. The second-order valence-electron chi connectivity index (χ2n) is 6.20. The quantitative estimate of drug-likeness (QED) is 0.849. The van der Waals surface area contributed by atoms with Gasteiger partial charge in [-0.25, -0.2) is 13.6 Å². The minimum atomic E-state index is -2.65. The number of allylic oxidation sites excluding steroid dienone is 2. The molecule has 2 fully saturated rings. The number of rotatable bonds is 2. The molecule has 2 heterocycles. The van der Waals surface area contributed by atoms with Gasteiger partial charge in [-0.1, -0.05) is 23.5 Å². The summed E-state index contributed by atoms with van der Waals surface area (Å²) in [6.45, 7) is 1.48. The molecule has 8 heteroatoms. The van der Waals surface area contributed by atoms with Crippen molar-refractivity contribution in [2.24, 2.45) is 23.7 Å². The SMILES string of the molecule is O=C(Nc1nnc(C(F)F)s1)N1CC2C3C=CC(CC3)C2C1. The lowest BCUT2D eigenvalue weighted by atomic mass is 9.64. The van der Waals surface area contributed by atoms with E-state index in [1.165, 1.54) is 12.8 Å². The van der Waals surface area contributed by atoms with Gasteiger partial charge in [0.15, 0.2) is 5.01 Å². The molecule has 1 aromatic heterocycles. The van der Waals surface area contributed by atoms with Gasteiger partial charge in [0.05, 0.1) is 0 Å². The number of hydrogen-bond acceptors (Lipinski definition) is 4. The average molecular weight is 326 g/mol. The van der Waals surface area contributed by atoms with Gasteiger partial charge >= 0.3 is 6.03 Å². The van der Waals surface area contributed by atoms with Crippen LogP contribution in [0.25, 0.3) is 0 Å². The minimum Gasteiger partial charge on any atom is -0.324 e. The summed E-state index contributed by atoms with van der Waals surface area (Å²) in [6.07, 6.45) is 4.38. The lowest BCUT2D eigenvalue weighted by molar-refractivity contribution is 0.150. The van der Waals surface area contributed by atoms with Gasteiger partial charge in [0.1, 0.15) is 0 Å². The van der Waals surface area contributed by atoms with Crippen molar-refractivity contribution in [1.29, 1.82) is 0 Å². The molecule has 2 bridgehead atoms. The first-order valence-corrected chi connectivity index (χ1v) is 8.29. The minimum absolute atomic E-state index is 0.135. The van der Waals surface area contributed by atoms with E-state index in [1.807, 2.05) is 0 Å². The van der Waals surface area contributed by atoms with Crippen molar-refractivity contribution in [3.05, 3.63) is 17.2 Å². The molecule has 118 valence electrons. The van der Waals surface area contributed by atoms with Gasteiger partial charge in [0, 0.05) is 13.1 Å². The van der Waals surface area contributed by atoms with Gasteiger partial charge in [-0.3, -0.25) is 5.32 Å². The molecule has 1 saturated heterocycles. The Morgan fingerprint density at radius 2 is 1.86 bits per heavy atom. The van der Waals surface area contributed by atoms with Crippen molar-refractivity contribution in [2.75, 3.05) is 18.4 Å². The van der Waals surface area contributed by atoms with Crippen LogP contribution in [0.5, 0.6) is 0 Å². The summed E-state index contributed by atoms with van der Waals surface area (Å²) in [5, 5.41) is 9.34. The summed E-state index contributed by atoms with van der Waals surface area (Å²) < 4.78 is 25.0. The smallest absolute Gasteiger partial charge is 0.323 e. The maximum absolute atomic E-state index is 12.5. The first-order valence-electron chi connectivity index (χ1n) is 7.47. The highest BCUT2D eigenvalue weighted by Crippen LogP contribution is 2.48. The van der Waals surface area contributed by atoms with E-state index in [-0.39, 0.29) is 16.2 Å². The van der Waals surface area contributed by atoms with Gasteiger partial charge in [0.2, 0.25) is 5.13 Å². The highest BCUT2D eigenvalue weighted by Gasteiger charge is 2.47. The van der Waals surface area contributed by atoms with Crippen LogP contribution in [-0.2, 0) is 0 Å². The van der Waals surface area contributed by atoms with Crippen molar-refractivity contribution >= 4 is 22.5 Å². The number of nitrogens with one attached hydrogen (secondary N) is 1. The number of nitrogens with zero attached hydrogens (tertiary/aromatic N) is 3. The van der Waals surface area contributed by atoms with Gasteiger partial charge in [-0.15, -0.1) is 10.2 Å². The Balaban J connectivity index is 1.42. The number of carbonyl (C=O) groups is 1. The number of carbonyl (C=O) groups excluding carboxylic acids is 1. The number of amides is 2. The van der Waals surface area contributed by atoms with Crippen LogP contribution in [0.2, 0.25) is 0 Å². The van der Waals surface area contributed by atoms with E-state index < -0.39 is 6.43 Å². The molecule has 5 rings (SSSR count). The number of aromatic nitrogens is 2. The van der Waals surface area contributed by atoms with Crippen LogP contribution in [-0.4, -0.2) is 34.2 Å². The van der Waals surface area contributed by atoms with E-state index in [0.717, 1.165) is 24.4 Å². The van der Waals surface area contributed by atoms with Gasteiger partial charge in [0.25, 0.3) is 6.43 Å². The molecule has 1 N–H and O–H groups in total. The molecule has 2 amide bonds. The maximum atomic E-state index is 12.5. The Hall–Kier alpha value is -1.57. The molecular weight excluding hydrogens is 310 g/mol. The Morgan fingerprint density at radius 3 is 2.36 bits per heavy atom. The van der Waals surface area contributed by atoms with Crippen LogP contribution < -0.4 is 5.32 Å². The lowest BCUT2D eigenvalue weighted by Crippen LogP contribution is -2.35. The fourth-order valence-corrected chi connectivity index (χ4v) is 4.63. The van der Waals surface area contributed by atoms with Crippen LogP contribution in [0.1, 0.15) is 24.3 Å². The van der Waals surface area contributed by atoms with Gasteiger partial charge < -0.3 is 4.90 Å². The lowest BCUT2D eigenvalue weighted by Gasteiger charge is -2.40. The molecule has 4 unspecified atom stereocenters. The number of hydrogen-bond donors (Lipinski definition) is 1. The van der Waals surface area contributed by atoms with E-state index in [9.17, 15) is 13.6 Å². The summed E-state index contributed by atoms with van der Waals surface area (Å²) in [5.74, 6) is 2.25. The fraction of sp³-hybridized carbons (Fsp3) is 0.643. The second kappa shape index (κ2) is 5.26. The highest BCUT2D eigenvalue weighted by molar-refractivity contribution is 7.15. The van der Waals surface area contributed by atoms with Crippen LogP contribution in [0.3, 0.4) is 0 Å². The van der Waals surface area contributed by atoms with Crippen LogP contribution in [0.4, 0.5) is 18.7 Å². The van der Waals surface area contributed by atoms with Crippen LogP contribution >= 0.6 is 11.3 Å². The molecule has 1 saturated carbocycles. The van der Waals surface area contributed by atoms with Crippen molar-refractivity contribution in [3.63, 3.8) is 0 Å². The van der Waals surface area contributed by atoms with Crippen LogP contribution in [0, 0.1) is 23.7 Å². The van der Waals surface area contributed by atoms with Crippen molar-refractivity contribution in [2.45, 2.75) is 19.3 Å². The Labute approximate surface area is 130 Å². The Morgan fingerprint density at radius 1 is 1.23 bits per heavy atom. The van der Waals surface area contributed by atoms with Gasteiger partial charge in [-0.2, -0.15) is 0 Å². The van der Waals surface area contributed by atoms with Crippen molar-refractivity contribution in [3.8, 4) is 0 Å². The zero-order chi connectivity index (χ0) is 15.3. The largest absolute Gasteiger partial charge is 0.324 e. The fourth-order valence-electron chi connectivity index (χ4n) is 4.05. The number of fused-ring (bicyclic) bond motifs is 1. The molecule has 4 atom stereocenters. The first kappa shape index (κ1) is 14.0. The normalized spacial score (nSPS) is 32.6. The summed E-state index contributed by atoms with van der Waals surface area (Å²) in [7, 11) is 0. The number of halogens is 2. The Bertz CT molecular complexity index is 598. The van der Waals surface area contributed by atoms with Gasteiger partial charge in [-0.05, 0) is 36.5 Å². The molecule has 4 aliphatic rings. The summed E-state index contributed by atoms with van der Waals surface area (Å²) in [6, 6.07) is -0.259. The topological polar surface area (TPSA) is 58.1 Å². The third-order valence-corrected chi connectivity index (χ3v) is 5.93.